The molecular formula is C26H36N2O2. The summed E-state index contributed by atoms with van der Waals surface area (Å²) in [4.78, 5) is 14.5. The second-order valence-corrected chi connectivity index (χ2v) is 8.81. The first-order valence-corrected chi connectivity index (χ1v) is 11.2. The predicted octanol–water partition coefficient (Wildman–Crippen LogP) is 5.55. The maximum absolute atomic E-state index is 12.0. The molecule has 1 atom stereocenters. The zero-order valence-corrected chi connectivity index (χ0v) is 18.9. The Kier molecular flexibility index (Phi) is 8.06. The van der Waals surface area contributed by atoms with Crippen LogP contribution in [0.1, 0.15) is 61.8 Å². The lowest BCUT2D eigenvalue weighted by Gasteiger charge is -2.33. The van der Waals surface area contributed by atoms with Crippen LogP contribution in [0.25, 0.3) is 0 Å². The molecule has 2 aromatic rings. The third-order valence-corrected chi connectivity index (χ3v) is 6.18. The molecule has 0 aliphatic carbocycles. The Morgan fingerprint density at radius 3 is 2.47 bits per heavy atom. The molecule has 1 aliphatic heterocycles. The SMILES string of the molecule is COC(CCN1CCC(c2cccc(NC(=O)C(C)C)c2)CC1)c1ccc(C)cc1. The van der Waals surface area contributed by atoms with Crippen molar-refractivity contribution in [3.05, 3.63) is 65.2 Å². The first-order valence-electron chi connectivity index (χ1n) is 11.2. The number of benzene rings is 2. The van der Waals surface area contributed by atoms with Gasteiger partial charge in [0.2, 0.25) is 5.91 Å². The van der Waals surface area contributed by atoms with Crippen LogP contribution in [0.5, 0.6) is 0 Å². The number of piperidine rings is 1. The summed E-state index contributed by atoms with van der Waals surface area (Å²) in [7, 11) is 1.81. The number of rotatable bonds is 8. The van der Waals surface area contributed by atoms with Crippen molar-refractivity contribution >= 4 is 11.6 Å². The zero-order chi connectivity index (χ0) is 21.5. The summed E-state index contributed by atoms with van der Waals surface area (Å²) in [5, 5.41) is 3.02. The van der Waals surface area contributed by atoms with Crippen LogP contribution >= 0.6 is 0 Å². The van der Waals surface area contributed by atoms with Crippen LogP contribution in [0, 0.1) is 12.8 Å². The van der Waals surface area contributed by atoms with Crippen LogP contribution in [0.15, 0.2) is 48.5 Å². The molecule has 4 nitrogen and oxygen atoms in total. The molecule has 0 bridgehead atoms. The summed E-state index contributed by atoms with van der Waals surface area (Å²) in [6, 6.07) is 17.1. The number of anilines is 1. The van der Waals surface area contributed by atoms with E-state index < -0.39 is 0 Å². The Balaban J connectivity index is 1.50. The van der Waals surface area contributed by atoms with Crippen molar-refractivity contribution in [2.75, 3.05) is 32.1 Å². The summed E-state index contributed by atoms with van der Waals surface area (Å²) in [6.07, 6.45) is 3.48. The molecule has 0 aromatic heterocycles. The van der Waals surface area contributed by atoms with Crippen LogP contribution < -0.4 is 5.32 Å². The van der Waals surface area contributed by atoms with E-state index in [1.807, 2.05) is 27.0 Å². The third-order valence-electron chi connectivity index (χ3n) is 6.18. The third kappa shape index (κ3) is 6.16. The van der Waals surface area contributed by atoms with E-state index in [9.17, 15) is 4.79 Å². The quantitative estimate of drug-likeness (QED) is 0.623. The molecule has 1 saturated heterocycles. The Hall–Kier alpha value is -2.17. The van der Waals surface area contributed by atoms with Gasteiger partial charge in [-0.15, -0.1) is 0 Å². The van der Waals surface area contributed by atoms with E-state index in [-0.39, 0.29) is 17.9 Å². The van der Waals surface area contributed by atoms with Gasteiger partial charge in [-0.3, -0.25) is 4.79 Å². The predicted molar refractivity (Wildman–Crippen MR) is 124 cm³/mol. The highest BCUT2D eigenvalue weighted by atomic mass is 16.5. The number of amides is 1. The fourth-order valence-corrected chi connectivity index (χ4v) is 4.15. The van der Waals surface area contributed by atoms with Gasteiger partial charge in [-0.1, -0.05) is 55.8 Å². The molecule has 0 radical (unpaired) electrons. The minimum absolute atomic E-state index is 0.00673. The Bertz CT molecular complexity index is 808. The first-order chi connectivity index (χ1) is 14.5. The molecule has 0 spiro atoms. The van der Waals surface area contributed by atoms with Crippen LogP contribution in [-0.4, -0.2) is 37.6 Å². The number of carbonyl (C=O) groups excluding carboxylic acids is 1. The van der Waals surface area contributed by atoms with Gasteiger partial charge in [-0.05, 0) is 68.5 Å². The number of likely N-dealkylation sites (tertiary alicyclic amines) is 1. The van der Waals surface area contributed by atoms with Gasteiger partial charge in [0, 0.05) is 25.3 Å². The minimum atomic E-state index is -0.00673. The largest absolute Gasteiger partial charge is 0.377 e. The second-order valence-electron chi connectivity index (χ2n) is 8.81. The Labute approximate surface area is 181 Å². The van der Waals surface area contributed by atoms with Crippen molar-refractivity contribution in [2.24, 2.45) is 5.92 Å². The van der Waals surface area contributed by atoms with Gasteiger partial charge in [0.05, 0.1) is 6.10 Å². The summed E-state index contributed by atoms with van der Waals surface area (Å²) >= 11 is 0. The maximum Gasteiger partial charge on any atom is 0.226 e. The first kappa shape index (κ1) is 22.5. The Morgan fingerprint density at radius 2 is 1.83 bits per heavy atom. The molecule has 1 unspecified atom stereocenters. The lowest BCUT2D eigenvalue weighted by molar-refractivity contribution is -0.118. The highest BCUT2D eigenvalue weighted by Gasteiger charge is 2.22. The van der Waals surface area contributed by atoms with Gasteiger partial charge in [0.15, 0.2) is 0 Å². The van der Waals surface area contributed by atoms with Crippen LogP contribution in [0.3, 0.4) is 0 Å². The van der Waals surface area contributed by atoms with Crippen molar-refractivity contribution in [1.29, 1.82) is 0 Å². The summed E-state index contributed by atoms with van der Waals surface area (Å²) in [5.41, 5.74) is 4.79. The van der Waals surface area contributed by atoms with Gasteiger partial charge in [0.1, 0.15) is 0 Å². The standard InChI is InChI=1S/C26H36N2O2/c1-19(2)26(29)27-24-7-5-6-23(18-24)21-12-15-28(16-13-21)17-14-25(30-4)22-10-8-20(3)9-11-22/h5-11,18-19,21,25H,12-17H2,1-4H3,(H,27,29). The molecule has 0 saturated carbocycles. The molecule has 1 amide bonds. The smallest absolute Gasteiger partial charge is 0.226 e. The van der Waals surface area contributed by atoms with Crippen molar-refractivity contribution in [1.82, 2.24) is 4.90 Å². The summed E-state index contributed by atoms with van der Waals surface area (Å²) in [6.45, 7) is 9.23. The van der Waals surface area contributed by atoms with E-state index in [1.165, 1.54) is 16.7 Å². The van der Waals surface area contributed by atoms with Gasteiger partial charge >= 0.3 is 0 Å². The minimum Gasteiger partial charge on any atom is -0.377 e. The monoisotopic (exact) mass is 408 g/mol. The number of carbonyl (C=O) groups is 1. The van der Waals surface area contributed by atoms with E-state index in [4.69, 9.17) is 4.74 Å². The van der Waals surface area contributed by atoms with Crippen LogP contribution in [0.2, 0.25) is 0 Å². The summed E-state index contributed by atoms with van der Waals surface area (Å²) < 4.78 is 5.76. The van der Waals surface area contributed by atoms with Crippen LogP contribution in [0.4, 0.5) is 5.69 Å². The molecule has 1 aliphatic rings. The lowest BCUT2D eigenvalue weighted by Crippen LogP contribution is -2.34. The van der Waals surface area contributed by atoms with Crippen LogP contribution in [-0.2, 0) is 9.53 Å². The molecule has 1 fully saturated rings. The number of nitrogens with one attached hydrogen (secondary N) is 1. The number of ether oxygens (including phenoxy) is 1. The van der Waals surface area contributed by atoms with E-state index in [0.29, 0.717) is 5.92 Å². The van der Waals surface area contributed by atoms with E-state index in [0.717, 1.165) is 44.6 Å². The molecule has 2 aromatic carbocycles. The van der Waals surface area contributed by atoms with Crippen molar-refractivity contribution < 1.29 is 9.53 Å². The van der Waals surface area contributed by atoms with Gasteiger partial charge < -0.3 is 15.0 Å². The van der Waals surface area contributed by atoms with Crippen molar-refractivity contribution in [2.45, 2.75) is 52.1 Å². The van der Waals surface area contributed by atoms with Crippen molar-refractivity contribution in [3.8, 4) is 0 Å². The fourth-order valence-electron chi connectivity index (χ4n) is 4.15. The van der Waals surface area contributed by atoms with Gasteiger partial charge in [0.25, 0.3) is 0 Å². The van der Waals surface area contributed by atoms with Gasteiger partial charge in [-0.2, -0.15) is 0 Å². The molecule has 1 N–H and O–H groups in total. The molecule has 3 rings (SSSR count). The summed E-state index contributed by atoms with van der Waals surface area (Å²) in [5.74, 6) is 0.628. The van der Waals surface area contributed by atoms with E-state index in [1.54, 1.807) is 0 Å². The second kappa shape index (κ2) is 10.7. The van der Waals surface area contributed by atoms with Gasteiger partial charge in [-0.25, -0.2) is 0 Å². The zero-order valence-electron chi connectivity index (χ0n) is 18.9. The molecule has 1 heterocycles. The topological polar surface area (TPSA) is 41.6 Å². The lowest BCUT2D eigenvalue weighted by atomic mass is 9.89. The van der Waals surface area contributed by atoms with E-state index in [2.05, 4.69) is 59.6 Å². The molecule has 4 heteroatoms. The highest BCUT2D eigenvalue weighted by Crippen LogP contribution is 2.30. The average Bonchev–Trinajstić information content (AvgIpc) is 2.76. The average molecular weight is 409 g/mol. The fraction of sp³-hybridized carbons (Fsp3) is 0.500. The van der Waals surface area contributed by atoms with E-state index >= 15 is 0 Å². The number of nitrogens with zero attached hydrogens (tertiary/aromatic N) is 1. The highest BCUT2D eigenvalue weighted by molar-refractivity contribution is 5.92. The molecule has 162 valence electrons. The molecular weight excluding hydrogens is 372 g/mol. The normalized spacial score (nSPS) is 16.6. The number of hydrogen-bond donors (Lipinski definition) is 1. The van der Waals surface area contributed by atoms with Crippen molar-refractivity contribution in [3.63, 3.8) is 0 Å². The number of methoxy groups -OCH3 is 1. The Morgan fingerprint density at radius 1 is 1.13 bits per heavy atom. The number of hydrogen-bond acceptors (Lipinski definition) is 3. The number of aryl methyl sites for hydroxylation is 1. The maximum atomic E-state index is 12.0. The molecule has 30 heavy (non-hydrogen) atoms.